The Kier molecular flexibility index (Phi) is 4.40. The van der Waals surface area contributed by atoms with Crippen LogP contribution >= 0.6 is 39.1 Å². The molecule has 0 amide bonds. The molecule has 3 nitrogen and oxygen atoms in total. The van der Waals surface area contributed by atoms with Crippen LogP contribution in [0.2, 0.25) is 10.0 Å². The van der Waals surface area contributed by atoms with Gasteiger partial charge in [-0.1, -0.05) is 45.2 Å². The van der Waals surface area contributed by atoms with Gasteiger partial charge in [0.05, 0.1) is 20.6 Å². The molecule has 0 saturated heterocycles. The summed E-state index contributed by atoms with van der Waals surface area (Å²) in [5, 5.41) is 0.656. The Labute approximate surface area is 129 Å². The molecule has 0 aliphatic heterocycles. The first kappa shape index (κ1) is 14.7. The lowest BCUT2D eigenvalue weighted by atomic mass is 10.3. The van der Waals surface area contributed by atoms with E-state index >= 15 is 0 Å². The summed E-state index contributed by atoms with van der Waals surface area (Å²) in [5.74, 6) is 0. The van der Waals surface area contributed by atoms with Gasteiger partial charge in [0.15, 0.2) is 0 Å². The van der Waals surface area contributed by atoms with E-state index in [1.165, 1.54) is 24.3 Å². The summed E-state index contributed by atoms with van der Waals surface area (Å²) in [4.78, 5) is 0.160. The molecule has 0 bridgehead atoms. The molecule has 0 aliphatic carbocycles. The maximum absolute atomic E-state index is 12.1. The second-order valence-electron chi connectivity index (χ2n) is 3.69. The van der Waals surface area contributed by atoms with Gasteiger partial charge in [-0.3, -0.25) is 4.72 Å². The van der Waals surface area contributed by atoms with E-state index < -0.39 is 10.0 Å². The predicted molar refractivity (Wildman–Crippen MR) is 81.4 cm³/mol. The van der Waals surface area contributed by atoms with Gasteiger partial charge in [-0.05, 0) is 36.4 Å². The van der Waals surface area contributed by atoms with Crippen molar-refractivity contribution in [3.8, 4) is 0 Å². The summed E-state index contributed by atoms with van der Waals surface area (Å²) >= 11 is 14.8. The fourth-order valence-electron chi connectivity index (χ4n) is 1.41. The van der Waals surface area contributed by atoms with Crippen molar-refractivity contribution >= 4 is 54.8 Å². The largest absolute Gasteiger partial charge is 0.280 e. The Bertz CT molecular complexity index is 719. The van der Waals surface area contributed by atoms with Gasteiger partial charge in [0.2, 0.25) is 0 Å². The number of hydrogen-bond acceptors (Lipinski definition) is 2. The van der Waals surface area contributed by atoms with Crippen molar-refractivity contribution in [3.63, 3.8) is 0 Å². The van der Waals surface area contributed by atoms with E-state index in [0.29, 0.717) is 15.2 Å². The molecular weight excluding hydrogens is 373 g/mol. The van der Waals surface area contributed by atoms with Crippen molar-refractivity contribution in [3.05, 3.63) is 57.0 Å². The van der Waals surface area contributed by atoms with Gasteiger partial charge < -0.3 is 0 Å². The Morgan fingerprint density at radius 3 is 2.37 bits per heavy atom. The Morgan fingerprint density at radius 1 is 1.00 bits per heavy atom. The number of nitrogens with one attached hydrogen (secondary N) is 1. The predicted octanol–water partition coefficient (Wildman–Crippen LogP) is 4.56. The molecular formula is C12H8BrCl2NO2S. The summed E-state index contributed by atoms with van der Waals surface area (Å²) in [7, 11) is -3.65. The first-order chi connectivity index (χ1) is 8.88. The normalized spacial score (nSPS) is 11.3. The molecule has 0 heterocycles. The molecule has 0 saturated carbocycles. The molecule has 0 spiro atoms. The number of hydrogen-bond donors (Lipinski definition) is 1. The lowest BCUT2D eigenvalue weighted by Gasteiger charge is -2.09. The number of benzene rings is 2. The van der Waals surface area contributed by atoms with Crippen LogP contribution in [0.15, 0.2) is 51.8 Å². The number of rotatable bonds is 3. The minimum absolute atomic E-state index is 0.160. The Balaban J connectivity index is 2.33. The van der Waals surface area contributed by atoms with Gasteiger partial charge in [-0.15, -0.1) is 0 Å². The van der Waals surface area contributed by atoms with Crippen LogP contribution in [0.25, 0.3) is 0 Å². The fraction of sp³-hybridized carbons (Fsp3) is 0. The van der Waals surface area contributed by atoms with Crippen LogP contribution in [0, 0.1) is 0 Å². The second kappa shape index (κ2) is 5.71. The third-order valence-electron chi connectivity index (χ3n) is 2.28. The van der Waals surface area contributed by atoms with Gasteiger partial charge in [0.1, 0.15) is 0 Å². The van der Waals surface area contributed by atoms with Crippen molar-refractivity contribution in [1.29, 1.82) is 0 Å². The second-order valence-corrected chi connectivity index (χ2v) is 7.10. The van der Waals surface area contributed by atoms with Crippen LogP contribution < -0.4 is 4.72 Å². The van der Waals surface area contributed by atoms with E-state index in [2.05, 4.69) is 20.7 Å². The van der Waals surface area contributed by atoms with Crippen molar-refractivity contribution in [2.75, 3.05) is 4.72 Å². The van der Waals surface area contributed by atoms with Gasteiger partial charge in [0, 0.05) is 4.47 Å². The molecule has 0 unspecified atom stereocenters. The zero-order valence-electron chi connectivity index (χ0n) is 9.40. The molecule has 0 radical (unpaired) electrons. The Morgan fingerprint density at radius 2 is 1.74 bits per heavy atom. The third kappa shape index (κ3) is 3.63. The lowest BCUT2D eigenvalue weighted by Crippen LogP contribution is -2.12. The highest BCUT2D eigenvalue weighted by atomic mass is 79.9. The summed E-state index contributed by atoms with van der Waals surface area (Å²) in [6.07, 6.45) is 0. The maximum atomic E-state index is 12.1. The first-order valence-corrected chi connectivity index (χ1v) is 8.15. The smallest absolute Gasteiger partial charge is 0.261 e. The molecule has 2 rings (SSSR count). The minimum atomic E-state index is -3.65. The number of sulfonamides is 1. The maximum Gasteiger partial charge on any atom is 0.261 e. The van der Waals surface area contributed by atoms with E-state index in [0.717, 1.165) is 0 Å². The molecule has 7 heteroatoms. The first-order valence-electron chi connectivity index (χ1n) is 5.12. The van der Waals surface area contributed by atoms with Gasteiger partial charge in [-0.25, -0.2) is 8.42 Å². The molecule has 2 aromatic carbocycles. The highest BCUT2D eigenvalue weighted by Gasteiger charge is 2.14. The summed E-state index contributed by atoms with van der Waals surface area (Å²) in [6, 6.07) is 10.9. The van der Waals surface area contributed by atoms with E-state index in [1.807, 2.05) is 0 Å². The van der Waals surface area contributed by atoms with Crippen molar-refractivity contribution in [2.45, 2.75) is 4.90 Å². The van der Waals surface area contributed by atoms with Crippen LogP contribution in [0.4, 0.5) is 5.69 Å². The number of anilines is 1. The topological polar surface area (TPSA) is 46.2 Å². The monoisotopic (exact) mass is 379 g/mol. The minimum Gasteiger partial charge on any atom is -0.280 e. The van der Waals surface area contributed by atoms with Crippen molar-refractivity contribution in [1.82, 2.24) is 0 Å². The van der Waals surface area contributed by atoms with Gasteiger partial charge in [0.25, 0.3) is 10.0 Å². The van der Waals surface area contributed by atoms with Crippen LogP contribution in [-0.4, -0.2) is 8.42 Å². The van der Waals surface area contributed by atoms with Gasteiger partial charge >= 0.3 is 0 Å². The van der Waals surface area contributed by atoms with E-state index in [1.54, 1.807) is 18.2 Å². The molecule has 0 fully saturated rings. The summed E-state index contributed by atoms with van der Waals surface area (Å²) in [5.41, 5.74) is 0.356. The zero-order valence-corrected chi connectivity index (χ0v) is 13.3. The highest BCUT2D eigenvalue weighted by Crippen LogP contribution is 2.26. The van der Waals surface area contributed by atoms with Crippen molar-refractivity contribution in [2.24, 2.45) is 0 Å². The standard InChI is InChI=1S/C12H8BrCl2NO2S/c13-8-2-1-3-10(6-8)19(17,18)16-9-4-5-11(14)12(15)7-9/h1-7,16H. The number of halogens is 3. The van der Waals surface area contributed by atoms with E-state index in [9.17, 15) is 8.42 Å². The van der Waals surface area contributed by atoms with E-state index in [-0.39, 0.29) is 9.92 Å². The Hall–Kier alpha value is -0.750. The average Bonchev–Trinajstić information content (AvgIpc) is 2.33. The molecule has 2 aromatic rings. The zero-order chi connectivity index (χ0) is 14.0. The third-order valence-corrected chi connectivity index (χ3v) is 4.89. The average molecular weight is 381 g/mol. The SMILES string of the molecule is O=S(=O)(Nc1ccc(Cl)c(Cl)c1)c1cccc(Br)c1. The molecule has 19 heavy (non-hydrogen) atoms. The van der Waals surface area contributed by atoms with Crippen molar-refractivity contribution < 1.29 is 8.42 Å². The van der Waals surface area contributed by atoms with Gasteiger partial charge in [-0.2, -0.15) is 0 Å². The van der Waals surface area contributed by atoms with Crippen LogP contribution in [0.1, 0.15) is 0 Å². The van der Waals surface area contributed by atoms with Crippen LogP contribution in [0.5, 0.6) is 0 Å². The van der Waals surface area contributed by atoms with Crippen LogP contribution in [0.3, 0.4) is 0 Å². The van der Waals surface area contributed by atoms with Crippen LogP contribution in [-0.2, 0) is 10.0 Å². The highest BCUT2D eigenvalue weighted by molar-refractivity contribution is 9.10. The lowest BCUT2D eigenvalue weighted by molar-refractivity contribution is 0.601. The fourth-order valence-corrected chi connectivity index (χ4v) is 3.35. The molecule has 0 atom stereocenters. The molecule has 100 valence electrons. The molecule has 0 aliphatic rings. The van der Waals surface area contributed by atoms with E-state index in [4.69, 9.17) is 23.2 Å². The summed E-state index contributed by atoms with van der Waals surface area (Å²) in [6.45, 7) is 0. The molecule has 1 N–H and O–H groups in total. The quantitative estimate of drug-likeness (QED) is 0.848. The molecule has 0 aromatic heterocycles. The summed E-state index contributed by atoms with van der Waals surface area (Å²) < 4.78 is 27.4.